The van der Waals surface area contributed by atoms with Gasteiger partial charge in [-0.05, 0) is 80.2 Å². The minimum Gasteiger partial charge on any atom is -2.00 e. The summed E-state index contributed by atoms with van der Waals surface area (Å²) in [6.07, 6.45) is 9.68. The molecule has 2 N–H and O–H groups in total. The van der Waals surface area contributed by atoms with Crippen LogP contribution in [0.15, 0.2) is 191 Å². The van der Waals surface area contributed by atoms with Crippen LogP contribution in [0, 0.1) is 0 Å². The van der Waals surface area contributed by atoms with Crippen LogP contribution in [0.25, 0.3) is 32.7 Å². The Hall–Kier alpha value is -7.37. The van der Waals surface area contributed by atoms with Crippen LogP contribution in [0.5, 0.6) is 23.0 Å². The maximum absolute atomic E-state index is 12.0. The Labute approximate surface area is 416 Å². The number of aromatic nitrogens is 2. The van der Waals surface area contributed by atoms with E-state index in [0.717, 1.165) is 21.5 Å². The van der Waals surface area contributed by atoms with Crippen LogP contribution in [0.4, 0.5) is 0 Å². The number of rotatable bonds is 7. The van der Waals surface area contributed by atoms with Crippen LogP contribution in [-0.2, 0) is 48.1 Å². The van der Waals surface area contributed by atoms with E-state index >= 15 is 0 Å². The first-order valence-electron chi connectivity index (χ1n) is 19.6. The summed E-state index contributed by atoms with van der Waals surface area (Å²) in [6, 6.07) is 41.2. The Balaban J connectivity index is 0.000000941. The first kappa shape index (κ1) is 60.6. The van der Waals surface area contributed by atoms with Crippen LogP contribution in [-0.4, -0.2) is 57.6 Å². The fraction of sp³-hybridized carbons (Fsp3) is 0.0800. The number of hydrogen-bond donors (Lipinski definition) is 2. The van der Waals surface area contributed by atoms with E-state index in [4.69, 9.17) is 10.2 Å². The van der Waals surface area contributed by atoms with E-state index in [-0.39, 0.29) is 95.4 Å². The molecular formula is C50H42N6O10V2-10. The van der Waals surface area contributed by atoms with Crippen LogP contribution in [0.3, 0.4) is 0 Å². The quantitative estimate of drug-likeness (QED) is 0.131. The number of phenolic OH excluding ortho intramolecular Hbond substituents is 2. The number of phenols is 2. The van der Waals surface area contributed by atoms with Crippen LogP contribution >= 0.6 is 0 Å². The van der Waals surface area contributed by atoms with Gasteiger partial charge >= 0.3 is 0 Å². The molecule has 16 nitrogen and oxygen atoms in total. The first-order valence-corrected chi connectivity index (χ1v) is 19.6. The van der Waals surface area contributed by atoms with Crippen molar-refractivity contribution in [3.05, 3.63) is 193 Å². The van der Waals surface area contributed by atoms with Gasteiger partial charge in [-0.3, -0.25) is 9.97 Å². The molecule has 2 heterocycles. The molecule has 0 aliphatic heterocycles. The predicted molar refractivity (Wildman–Crippen MR) is 241 cm³/mol. The summed E-state index contributed by atoms with van der Waals surface area (Å²) in [5.41, 5.74) is 3.21. The number of para-hydroxylation sites is 2. The largest absolute Gasteiger partial charge is 2.00 e. The predicted octanol–water partition coefficient (Wildman–Crippen LogP) is 4.15. The second-order valence-corrected chi connectivity index (χ2v) is 12.8. The van der Waals surface area contributed by atoms with Crippen molar-refractivity contribution in [2.75, 3.05) is 13.2 Å². The third-order valence-electron chi connectivity index (χ3n) is 8.50. The van der Waals surface area contributed by atoms with Crippen molar-refractivity contribution >= 4 is 45.8 Å². The molecule has 0 saturated carbocycles. The van der Waals surface area contributed by atoms with Gasteiger partial charge in [-0.25, -0.2) is 0 Å². The van der Waals surface area contributed by atoms with Gasteiger partial charge in [-0.2, -0.15) is 20.4 Å². The van der Waals surface area contributed by atoms with Gasteiger partial charge in [-0.15, -0.1) is 13.2 Å². The second-order valence-electron chi connectivity index (χ2n) is 12.8. The van der Waals surface area contributed by atoms with Crippen LogP contribution in [0.1, 0.15) is 36.1 Å². The monoisotopic (exact) mass is 988 g/mol. The second kappa shape index (κ2) is 33.2. The zero-order valence-corrected chi connectivity index (χ0v) is 39.3. The van der Waals surface area contributed by atoms with Crippen molar-refractivity contribution < 1.29 is 88.9 Å². The summed E-state index contributed by atoms with van der Waals surface area (Å²) in [6.45, 7) is 3.14. The molecule has 68 heavy (non-hydrogen) atoms. The van der Waals surface area contributed by atoms with E-state index in [1.54, 1.807) is 75.0 Å². The van der Waals surface area contributed by atoms with Crippen LogP contribution < -0.4 is 30.6 Å². The molecule has 8 rings (SSSR count). The minimum absolute atomic E-state index is 0. The van der Waals surface area contributed by atoms with E-state index in [9.17, 15) is 30.6 Å². The van der Waals surface area contributed by atoms with Gasteiger partial charge < -0.3 is 51.8 Å². The molecular weight excluding hydrogens is 946 g/mol. The van der Waals surface area contributed by atoms with Gasteiger partial charge in [0.15, 0.2) is 0 Å². The number of nitrogens with zero attached hydrogens (tertiary/aromatic N) is 6. The SMILES string of the molecule is CC[O-].CC[O-].[O-2].[O-2].[O-]/C(=N\N=C\c1c([O-])ccc2ccccc12)c1ccccc1O.[O-]/C(=N\N=C\c1c([O-])ccc2ccccc12)c1ccccc1O.[V].[V].c1cc(-c2ccncc2)ccn1. The Morgan fingerprint density at radius 3 is 1.13 bits per heavy atom. The fourth-order valence-corrected chi connectivity index (χ4v) is 5.60. The number of pyridine rings is 2. The number of aromatic hydroxyl groups is 2. The van der Waals surface area contributed by atoms with Gasteiger partial charge in [-0.1, -0.05) is 135 Å². The average molecular weight is 989 g/mol. The number of hydrogen-bond acceptors (Lipinski definition) is 14. The summed E-state index contributed by atoms with van der Waals surface area (Å²) >= 11 is 0. The van der Waals surface area contributed by atoms with Crippen molar-refractivity contribution in [3.63, 3.8) is 0 Å². The molecule has 0 unspecified atom stereocenters. The molecule has 0 atom stereocenters. The van der Waals surface area contributed by atoms with Crippen LogP contribution in [0.2, 0.25) is 0 Å². The molecule has 0 spiro atoms. The average Bonchev–Trinajstić information content (AvgIpc) is 3.32. The summed E-state index contributed by atoms with van der Waals surface area (Å²) in [7, 11) is 0. The molecule has 2 aromatic heterocycles. The summed E-state index contributed by atoms with van der Waals surface area (Å²) in [4.78, 5) is 7.91. The van der Waals surface area contributed by atoms with Crippen molar-refractivity contribution in [2.24, 2.45) is 20.4 Å². The molecule has 0 amide bonds. The smallest absolute Gasteiger partial charge is 0.123 e. The van der Waals surface area contributed by atoms with E-state index in [2.05, 4.69) is 30.4 Å². The molecule has 18 heteroatoms. The third-order valence-corrected chi connectivity index (χ3v) is 8.50. The van der Waals surface area contributed by atoms with Gasteiger partial charge in [0.05, 0.1) is 12.4 Å². The van der Waals surface area contributed by atoms with Gasteiger partial charge in [0.25, 0.3) is 0 Å². The maximum atomic E-state index is 12.0. The molecule has 0 bridgehead atoms. The van der Waals surface area contributed by atoms with Crippen molar-refractivity contribution in [3.8, 4) is 34.1 Å². The molecule has 6 aromatic carbocycles. The van der Waals surface area contributed by atoms with Gasteiger partial charge in [0.1, 0.15) is 11.5 Å². The molecule has 0 aliphatic carbocycles. The minimum atomic E-state index is -0.674. The number of fused-ring (bicyclic) bond motifs is 2. The van der Waals surface area contributed by atoms with Gasteiger partial charge in [0.2, 0.25) is 0 Å². The fourth-order valence-electron chi connectivity index (χ4n) is 5.60. The van der Waals surface area contributed by atoms with Crippen molar-refractivity contribution in [1.82, 2.24) is 9.97 Å². The third kappa shape index (κ3) is 18.5. The zero-order chi connectivity index (χ0) is 46.1. The maximum Gasteiger partial charge on any atom is 0.123 e. The molecule has 0 aliphatic rings. The Morgan fingerprint density at radius 2 is 0.794 bits per heavy atom. The molecule has 8 aromatic rings. The standard InChI is InChI=1S/2C18H14N2O3.C10H8N2.2C2H5O.2O.2V/c2*21-16-8-4-3-7-14(16)18(23)20-19-11-15-13-6-2-1-5-12(13)9-10-17(15)22;1-5-11-6-2-9(1)10-3-7-12-8-4-10;2*1-2-3;;;;/h2*1-11,21-22H,(H,20,23);1-8H;2*2H2,1H3;;;;/q;;;2*-1;2*-2;;/p-4/b2*19-11+;;;;;;;. The Bertz CT molecular complexity index is 2630. The topological polar surface area (TPSA) is 311 Å². The summed E-state index contributed by atoms with van der Waals surface area (Å²) < 4.78 is 0. The van der Waals surface area contributed by atoms with E-state index < -0.39 is 11.8 Å². The Kier molecular flexibility index (Phi) is 29.6. The first-order chi connectivity index (χ1) is 31.1. The molecule has 352 valence electrons. The van der Waals surface area contributed by atoms with Crippen molar-refractivity contribution in [1.29, 1.82) is 0 Å². The molecule has 0 fully saturated rings. The summed E-state index contributed by atoms with van der Waals surface area (Å²) in [5, 5.41) is 103. The normalized spacial score (nSPS) is 10.4. The molecule has 0 saturated heterocycles. The van der Waals surface area contributed by atoms with Gasteiger partial charge in [0, 0.05) is 84.8 Å². The van der Waals surface area contributed by atoms with Crippen molar-refractivity contribution in [2.45, 2.75) is 13.8 Å². The van der Waals surface area contributed by atoms with E-state index in [1.807, 2.05) is 72.8 Å². The zero-order valence-electron chi connectivity index (χ0n) is 36.5. The Morgan fingerprint density at radius 1 is 0.485 bits per heavy atom. The van der Waals surface area contributed by atoms with E-state index in [0.29, 0.717) is 11.1 Å². The number of benzene rings is 6. The molecule has 2 radical (unpaired) electrons. The van der Waals surface area contributed by atoms with E-state index in [1.165, 1.54) is 60.0 Å². The summed E-state index contributed by atoms with van der Waals surface area (Å²) in [5.74, 6) is -2.06.